The maximum Gasteiger partial charge on any atom is 0.172 e. The number of carbonyl (C=O) groups is 1. The molecule has 0 aromatic carbocycles. The van der Waals surface area contributed by atoms with Crippen LogP contribution in [0.25, 0.3) is 0 Å². The van der Waals surface area contributed by atoms with Crippen LogP contribution in [0.1, 0.15) is 70.6 Å². The number of nitrogens with zero attached hydrogens (tertiary/aromatic N) is 3. The molecule has 0 aromatic rings. The van der Waals surface area contributed by atoms with Crippen LogP contribution in [0.5, 0.6) is 0 Å². The number of allylic oxidation sites excluding steroid dienone is 2. The Morgan fingerprint density at radius 1 is 0.963 bits per heavy atom. The zero-order valence-electron chi connectivity index (χ0n) is 15.6. The third kappa shape index (κ3) is 2.73. The summed E-state index contributed by atoms with van der Waals surface area (Å²) in [6.45, 7) is 0. The number of aldehydes is 1. The maximum atomic E-state index is 11.7. The smallest absolute Gasteiger partial charge is 0.172 e. The highest BCUT2D eigenvalue weighted by Gasteiger charge is 2.73. The van der Waals surface area contributed by atoms with Gasteiger partial charge in [-0.15, -0.1) is 0 Å². The predicted molar refractivity (Wildman–Crippen MR) is 97.2 cm³/mol. The molecule has 2 fully saturated rings. The molecular weight excluding hydrogens is 340 g/mol. The molecule has 0 spiro atoms. The molecule has 0 amide bonds. The lowest BCUT2D eigenvalue weighted by Gasteiger charge is -2.39. The highest BCUT2D eigenvalue weighted by atomic mass is 16.3. The third-order valence-corrected chi connectivity index (χ3v) is 6.79. The van der Waals surface area contributed by atoms with Crippen LogP contribution in [0, 0.1) is 50.7 Å². The molecule has 6 nitrogen and oxygen atoms in total. The van der Waals surface area contributed by atoms with Gasteiger partial charge in [0.05, 0.1) is 18.2 Å². The number of aliphatic hydroxyl groups is 1. The van der Waals surface area contributed by atoms with E-state index in [2.05, 4.69) is 23.5 Å². The summed E-state index contributed by atoms with van der Waals surface area (Å²) in [5.41, 5.74) is -3.91. The van der Waals surface area contributed by atoms with E-state index in [0.29, 0.717) is 24.8 Å². The molecule has 1 saturated heterocycles. The van der Waals surface area contributed by atoms with Crippen molar-refractivity contribution in [2.24, 2.45) is 16.7 Å². The van der Waals surface area contributed by atoms with Crippen LogP contribution in [0.2, 0.25) is 0 Å². The second-order valence-corrected chi connectivity index (χ2v) is 8.21. The molecule has 3 atom stereocenters. The Morgan fingerprint density at radius 3 is 2.11 bits per heavy atom. The molecule has 3 rings (SSSR count). The van der Waals surface area contributed by atoms with Crippen LogP contribution in [0.4, 0.5) is 0 Å². The van der Waals surface area contributed by atoms with Crippen molar-refractivity contribution in [2.45, 2.75) is 76.4 Å². The van der Waals surface area contributed by atoms with Gasteiger partial charge < -0.3 is 10.4 Å². The van der Waals surface area contributed by atoms with Crippen molar-refractivity contribution in [2.75, 3.05) is 0 Å². The molecule has 3 aliphatic rings. The fourth-order valence-corrected chi connectivity index (χ4v) is 5.40. The van der Waals surface area contributed by atoms with Gasteiger partial charge in [-0.25, -0.2) is 0 Å². The zero-order chi connectivity index (χ0) is 19.5. The van der Waals surface area contributed by atoms with E-state index in [4.69, 9.17) is 0 Å². The van der Waals surface area contributed by atoms with Gasteiger partial charge in [-0.1, -0.05) is 44.9 Å². The zero-order valence-corrected chi connectivity index (χ0v) is 15.6. The number of fused-ring (bicyclic) bond motifs is 3. The number of rotatable bonds is 1. The molecule has 0 bridgehead atoms. The summed E-state index contributed by atoms with van der Waals surface area (Å²) in [7, 11) is 0. The fourth-order valence-electron chi connectivity index (χ4n) is 5.40. The molecular formula is C21H26N4O2. The van der Waals surface area contributed by atoms with Gasteiger partial charge in [-0.05, 0) is 19.3 Å². The third-order valence-electron chi connectivity index (χ3n) is 6.79. The molecule has 0 unspecified atom stereocenters. The Balaban J connectivity index is 2.11. The van der Waals surface area contributed by atoms with Gasteiger partial charge in [-0.3, -0.25) is 4.79 Å². The Kier molecular flexibility index (Phi) is 5.27. The summed E-state index contributed by atoms with van der Waals surface area (Å²) in [5, 5.41) is 44.6. The highest BCUT2D eigenvalue weighted by Crippen LogP contribution is 2.65. The number of hydrogen-bond acceptors (Lipinski definition) is 6. The van der Waals surface area contributed by atoms with Gasteiger partial charge in [-0.2, -0.15) is 15.8 Å². The SMILES string of the molecule is N#CC1(C#N)CC(C=O)=C2N[C@]3(O)CCCCCCCCCC[C@H]3[C@@]21C#N. The van der Waals surface area contributed by atoms with E-state index < -0.39 is 22.5 Å². The van der Waals surface area contributed by atoms with Crippen LogP contribution in [0.3, 0.4) is 0 Å². The molecule has 1 aliphatic heterocycles. The Bertz CT molecular complexity index is 755. The van der Waals surface area contributed by atoms with Crippen LogP contribution in [-0.4, -0.2) is 17.1 Å². The number of nitriles is 3. The van der Waals surface area contributed by atoms with Crippen molar-refractivity contribution in [1.29, 1.82) is 15.8 Å². The molecule has 1 heterocycles. The Labute approximate surface area is 160 Å². The summed E-state index contributed by atoms with van der Waals surface area (Å²) in [6, 6.07) is 6.36. The first-order valence-corrected chi connectivity index (χ1v) is 9.97. The lowest BCUT2D eigenvalue weighted by atomic mass is 9.58. The maximum absolute atomic E-state index is 11.7. The minimum Gasteiger partial charge on any atom is -0.371 e. The van der Waals surface area contributed by atoms with Crippen molar-refractivity contribution >= 4 is 6.29 Å². The lowest BCUT2D eigenvalue weighted by molar-refractivity contribution is -0.105. The topological polar surface area (TPSA) is 121 Å². The van der Waals surface area contributed by atoms with Gasteiger partial charge >= 0.3 is 0 Å². The van der Waals surface area contributed by atoms with E-state index in [-0.39, 0.29) is 12.0 Å². The first-order chi connectivity index (χ1) is 13.0. The normalized spacial score (nSPS) is 35.9. The van der Waals surface area contributed by atoms with Crippen molar-refractivity contribution in [3.8, 4) is 18.2 Å². The van der Waals surface area contributed by atoms with E-state index in [1.807, 2.05) is 0 Å². The minimum atomic E-state index is -1.65. The van der Waals surface area contributed by atoms with E-state index in [1.165, 1.54) is 12.8 Å². The van der Waals surface area contributed by atoms with Gasteiger partial charge in [0.15, 0.2) is 5.41 Å². The molecule has 2 N–H and O–H groups in total. The quantitative estimate of drug-likeness (QED) is 0.687. The highest BCUT2D eigenvalue weighted by molar-refractivity contribution is 5.79. The summed E-state index contributed by atoms with van der Waals surface area (Å²) in [6.07, 6.45) is 9.81. The van der Waals surface area contributed by atoms with Gasteiger partial charge in [0.1, 0.15) is 17.4 Å². The largest absolute Gasteiger partial charge is 0.371 e. The molecule has 6 heteroatoms. The van der Waals surface area contributed by atoms with Crippen molar-refractivity contribution in [1.82, 2.24) is 5.32 Å². The van der Waals surface area contributed by atoms with Crippen LogP contribution < -0.4 is 5.32 Å². The van der Waals surface area contributed by atoms with Gasteiger partial charge in [0.2, 0.25) is 0 Å². The second-order valence-electron chi connectivity index (χ2n) is 8.21. The average molecular weight is 366 g/mol. The number of hydrogen-bond donors (Lipinski definition) is 2. The summed E-state index contributed by atoms with van der Waals surface area (Å²) >= 11 is 0. The van der Waals surface area contributed by atoms with Crippen molar-refractivity contribution < 1.29 is 9.90 Å². The van der Waals surface area contributed by atoms with Gasteiger partial charge in [0, 0.05) is 23.6 Å². The van der Waals surface area contributed by atoms with Crippen molar-refractivity contribution in [3.05, 3.63) is 11.3 Å². The van der Waals surface area contributed by atoms with E-state index >= 15 is 0 Å². The summed E-state index contributed by atoms with van der Waals surface area (Å²) in [4.78, 5) is 11.7. The molecule has 142 valence electrons. The summed E-state index contributed by atoms with van der Waals surface area (Å²) in [5.74, 6) is -0.582. The molecule has 0 aromatic heterocycles. The standard InChI is InChI=1S/C21H26N4O2/c22-13-19(14-23)11-16(12-26)18-20(19,15-24)17-9-7-5-3-1-2-4-6-8-10-21(17,27)25-18/h12,17,25,27H,1-11H2/t17-,20-,21-/m0/s1. The van der Waals surface area contributed by atoms with Crippen molar-refractivity contribution in [3.63, 3.8) is 0 Å². The number of nitrogens with one attached hydrogen (secondary N) is 1. The van der Waals surface area contributed by atoms with E-state index in [0.717, 1.165) is 38.5 Å². The van der Waals surface area contributed by atoms with Crippen LogP contribution >= 0.6 is 0 Å². The minimum absolute atomic E-state index is 0.0635. The van der Waals surface area contributed by atoms with E-state index in [1.54, 1.807) is 0 Å². The van der Waals surface area contributed by atoms with Gasteiger partial charge in [0.25, 0.3) is 0 Å². The Morgan fingerprint density at radius 2 is 1.56 bits per heavy atom. The second kappa shape index (κ2) is 7.34. The number of carbonyl (C=O) groups excluding carboxylic acids is 1. The first kappa shape index (κ1) is 19.4. The van der Waals surface area contributed by atoms with Crippen LogP contribution in [-0.2, 0) is 4.79 Å². The molecule has 2 aliphatic carbocycles. The Hall–Kier alpha value is -2.36. The molecule has 0 radical (unpaired) electrons. The first-order valence-electron chi connectivity index (χ1n) is 9.97. The molecule has 27 heavy (non-hydrogen) atoms. The monoisotopic (exact) mass is 366 g/mol. The average Bonchev–Trinajstić information content (AvgIpc) is 3.08. The lowest BCUT2D eigenvalue weighted by Crippen LogP contribution is -2.49. The molecule has 1 saturated carbocycles. The summed E-state index contributed by atoms with van der Waals surface area (Å²) < 4.78 is 0. The van der Waals surface area contributed by atoms with E-state index in [9.17, 15) is 25.7 Å². The predicted octanol–water partition coefficient (Wildman–Crippen LogP) is 3.21. The van der Waals surface area contributed by atoms with Crippen LogP contribution in [0.15, 0.2) is 11.3 Å². The fraction of sp³-hybridized carbons (Fsp3) is 0.714.